The second-order valence-corrected chi connectivity index (χ2v) is 3.17. The minimum Gasteiger partial charge on any atom is -0.326 e. The molecule has 1 rings (SSSR count). The molecule has 2 nitrogen and oxygen atoms in total. The number of pyridine rings is 1. The molecule has 0 fully saturated rings. The van der Waals surface area contributed by atoms with Gasteiger partial charge in [-0.25, -0.2) is 8.78 Å². The van der Waals surface area contributed by atoms with Crippen molar-refractivity contribution in [2.75, 3.05) is 0 Å². The van der Waals surface area contributed by atoms with Crippen molar-refractivity contribution in [2.45, 2.75) is 26.1 Å². The van der Waals surface area contributed by atoms with Gasteiger partial charge in [-0.1, -0.05) is 0 Å². The number of hydrogen-bond donors (Lipinski definition) is 1. The summed E-state index contributed by atoms with van der Waals surface area (Å²) in [4.78, 5) is 3.26. The minimum atomic E-state index is -4.85. The van der Waals surface area contributed by atoms with Crippen LogP contribution in [0.5, 0.6) is 0 Å². The highest BCUT2D eigenvalue weighted by Gasteiger charge is 2.37. The molecular weight excluding hydrogens is 231 g/mol. The zero-order chi connectivity index (χ0) is 12.5. The number of halogens is 5. The lowest BCUT2D eigenvalue weighted by atomic mass is 10.1. The van der Waals surface area contributed by atoms with Crippen molar-refractivity contribution < 1.29 is 22.0 Å². The number of nitrogens with zero attached hydrogens (tertiary/aromatic N) is 1. The molecule has 0 aliphatic rings. The van der Waals surface area contributed by atoms with Gasteiger partial charge in [-0.2, -0.15) is 13.2 Å². The van der Waals surface area contributed by atoms with E-state index in [0.29, 0.717) is 6.07 Å². The molecule has 0 radical (unpaired) electrons. The standard InChI is InChI=1S/C9H9F5N2/c1-4-5(3-15)2-6(9(12,13)14)7(16-4)8(10)11/h2,8H,3,15H2,1H3. The van der Waals surface area contributed by atoms with Crippen molar-refractivity contribution in [2.24, 2.45) is 5.73 Å². The Labute approximate surface area is 88.3 Å². The van der Waals surface area contributed by atoms with E-state index >= 15 is 0 Å². The summed E-state index contributed by atoms with van der Waals surface area (Å²) < 4.78 is 62.1. The lowest BCUT2D eigenvalue weighted by Crippen LogP contribution is -2.14. The molecule has 90 valence electrons. The van der Waals surface area contributed by atoms with Crippen molar-refractivity contribution in [3.05, 3.63) is 28.6 Å². The second-order valence-electron chi connectivity index (χ2n) is 3.17. The molecule has 0 bridgehead atoms. The summed E-state index contributed by atoms with van der Waals surface area (Å²) in [5.41, 5.74) is 2.72. The Bertz CT molecular complexity index is 386. The van der Waals surface area contributed by atoms with Gasteiger partial charge in [0.2, 0.25) is 0 Å². The van der Waals surface area contributed by atoms with Crippen LogP contribution in [0, 0.1) is 6.92 Å². The highest BCUT2D eigenvalue weighted by molar-refractivity contribution is 5.32. The van der Waals surface area contributed by atoms with Gasteiger partial charge in [0.05, 0.1) is 5.56 Å². The van der Waals surface area contributed by atoms with Crippen LogP contribution in [0.15, 0.2) is 6.07 Å². The quantitative estimate of drug-likeness (QED) is 0.807. The van der Waals surface area contributed by atoms with Gasteiger partial charge in [-0.15, -0.1) is 0 Å². The maximum Gasteiger partial charge on any atom is 0.418 e. The van der Waals surface area contributed by atoms with Crippen LogP contribution in [-0.2, 0) is 12.7 Å². The van der Waals surface area contributed by atoms with E-state index in [2.05, 4.69) is 4.98 Å². The maximum atomic E-state index is 12.4. The van der Waals surface area contributed by atoms with Crippen molar-refractivity contribution in [3.8, 4) is 0 Å². The molecular formula is C9H9F5N2. The fraction of sp³-hybridized carbons (Fsp3) is 0.444. The molecule has 0 amide bonds. The molecule has 0 saturated carbocycles. The van der Waals surface area contributed by atoms with Crippen LogP contribution in [0.4, 0.5) is 22.0 Å². The number of aromatic nitrogens is 1. The summed E-state index contributed by atoms with van der Waals surface area (Å²) >= 11 is 0. The van der Waals surface area contributed by atoms with E-state index in [1.807, 2.05) is 0 Å². The number of alkyl halides is 5. The van der Waals surface area contributed by atoms with Crippen molar-refractivity contribution in [3.63, 3.8) is 0 Å². The largest absolute Gasteiger partial charge is 0.418 e. The third kappa shape index (κ3) is 2.46. The van der Waals surface area contributed by atoms with E-state index in [-0.39, 0.29) is 17.8 Å². The smallest absolute Gasteiger partial charge is 0.326 e. The maximum absolute atomic E-state index is 12.4. The van der Waals surface area contributed by atoms with Crippen LogP contribution in [-0.4, -0.2) is 4.98 Å². The van der Waals surface area contributed by atoms with Crippen molar-refractivity contribution >= 4 is 0 Å². The molecule has 0 aliphatic carbocycles. The SMILES string of the molecule is Cc1nc(C(F)F)c(C(F)(F)F)cc1CN. The normalized spacial score (nSPS) is 12.2. The first kappa shape index (κ1) is 12.8. The molecule has 0 unspecified atom stereocenters. The van der Waals surface area contributed by atoms with Gasteiger partial charge in [0.15, 0.2) is 0 Å². The van der Waals surface area contributed by atoms with E-state index < -0.39 is 23.9 Å². The van der Waals surface area contributed by atoms with Gasteiger partial charge in [0.25, 0.3) is 6.43 Å². The van der Waals surface area contributed by atoms with Gasteiger partial charge in [-0.05, 0) is 18.6 Å². The zero-order valence-corrected chi connectivity index (χ0v) is 8.28. The third-order valence-electron chi connectivity index (χ3n) is 2.08. The Morgan fingerprint density at radius 3 is 2.31 bits per heavy atom. The average Bonchev–Trinajstić information content (AvgIpc) is 2.15. The summed E-state index contributed by atoms with van der Waals surface area (Å²) in [7, 11) is 0. The average molecular weight is 240 g/mol. The van der Waals surface area contributed by atoms with Crippen LogP contribution in [0.3, 0.4) is 0 Å². The zero-order valence-electron chi connectivity index (χ0n) is 8.28. The minimum absolute atomic E-state index is 0.0887. The molecule has 1 aromatic heterocycles. The fourth-order valence-corrected chi connectivity index (χ4v) is 1.27. The van der Waals surface area contributed by atoms with Gasteiger partial charge in [-0.3, -0.25) is 4.98 Å². The molecule has 0 spiro atoms. The van der Waals surface area contributed by atoms with Crippen LogP contribution < -0.4 is 5.73 Å². The first-order valence-corrected chi connectivity index (χ1v) is 4.33. The molecule has 2 N–H and O–H groups in total. The number of nitrogens with two attached hydrogens (primary N) is 1. The number of hydrogen-bond acceptors (Lipinski definition) is 2. The predicted octanol–water partition coefficient (Wildman–Crippen LogP) is 2.81. The Hall–Kier alpha value is -1.24. The number of rotatable bonds is 2. The molecule has 0 atom stereocenters. The monoisotopic (exact) mass is 240 g/mol. The topological polar surface area (TPSA) is 38.9 Å². The van der Waals surface area contributed by atoms with Gasteiger partial charge in [0.1, 0.15) is 5.69 Å². The van der Waals surface area contributed by atoms with Crippen LogP contribution in [0.1, 0.15) is 28.9 Å². The van der Waals surface area contributed by atoms with E-state index in [0.717, 1.165) is 0 Å². The van der Waals surface area contributed by atoms with Crippen LogP contribution >= 0.6 is 0 Å². The summed E-state index contributed by atoms with van der Waals surface area (Å²) in [6, 6.07) is 0.629. The van der Waals surface area contributed by atoms with Crippen LogP contribution in [0.25, 0.3) is 0 Å². The molecule has 1 heterocycles. The van der Waals surface area contributed by atoms with Crippen molar-refractivity contribution in [1.82, 2.24) is 4.98 Å². The van der Waals surface area contributed by atoms with Crippen molar-refractivity contribution in [1.29, 1.82) is 0 Å². The first-order valence-electron chi connectivity index (χ1n) is 4.33. The third-order valence-corrected chi connectivity index (χ3v) is 2.08. The Balaban J connectivity index is 3.43. The molecule has 7 heteroatoms. The molecule has 16 heavy (non-hydrogen) atoms. The summed E-state index contributed by atoms with van der Waals surface area (Å²) in [5.74, 6) is 0. The molecule has 0 saturated heterocycles. The first-order chi connectivity index (χ1) is 7.27. The van der Waals surface area contributed by atoms with Gasteiger partial charge >= 0.3 is 6.18 Å². The van der Waals surface area contributed by atoms with E-state index in [1.165, 1.54) is 6.92 Å². The van der Waals surface area contributed by atoms with E-state index in [4.69, 9.17) is 5.73 Å². The predicted molar refractivity (Wildman–Crippen MR) is 46.8 cm³/mol. The number of aryl methyl sites for hydroxylation is 1. The van der Waals surface area contributed by atoms with Gasteiger partial charge < -0.3 is 5.73 Å². The van der Waals surface area contributed by atoms with Gasteiger partial charge in [0, 0.05) is 12.2 Å². The highest BCUT2D eigenvalue weighted by Crippen LogP contribution is 2.36. The Kier molecular flexibility index (Phi) is 3.47. The molecule has 1 aromatic rings. The lowest BCUT2D eigenvalue weighted by Gasteiger charge is -2.14. The molecule has 0 aliphatic heterocycles. The van der Waals surface area contributed by atoms with E-state index in [1.54, 1.807) is 0 Å². The Morgan fingerprint density at radius 1 is 1.38 bits per heavy atom. The fourth-order valence-electron chi connectivity index (χ4n) is 1.27. The summed E-state index contributed by atoms with van der Waals surface area (Å²) in [6.45, 7) is 1.17. The Morgan fingerprint density at radius 2 is 1.94 bits per heavy atom. The lowest BCUT2D eigenvalue weighted by molar-refractivity contribution is -0.140. The summed E-state index contributed by atoms with van der Waals surface area (Å²) in [6.07, 6.45) is -8.11. The highest BCUT2D eigenvalue weighted by atomic mass is 19.4. The summed E-state index contributed by atoms with van der Waals surface area (Å²) in [5, 5.41) is 0. The second kappa shape index (κ2) is 4.32. The molecule has 0 aromatic carbocycles. The van der Waals surface area contributed by atoms with E-state index in [9.17, 15) is 22.0 Å². The van der Waals surface area contributed by atoms with Crippen LogP contribution in [0.2, 0.25) is 0 Å².